The van der Waals surface area contributed by atoms with Crippen molar-refractivity contribution in [3.8, 4) is 22.1 Å². The molecule has 2 aromatic carbocycles. The third kappa shape index (κ3) is 5.88. The number of allylic oxidation sites excluding steroid dienone is 2. The first-order valence-corrected chi connectivity index (χ1v) is 20.9. The van der Waals surface area contributed by atoms with Crippen molar-refractivity contribution in [2.24, 2.45) is 36.1 Å². The van der Waals surface area contributed by atoms with Crippen molar-refractivity contribution in [2.45, 2.75) is 58.3 Å². The van der Waals surface area contributed by atoms with Gasteiger partial charge in [0.1, 0.15) is 11.5 Å². The maximum atomic E-state index is 15.2. The lowest BCUT2D eigenvalue weighted by Gasteiger charge is -2.49. The second-order valence-electron chi connectivity index (χ2n) is 15.5. The Bertz CT molecular complexity index is 2410. The number of ether oxygens (including phenoxy) is 1. The van der Waals surface area contributed by atoms with Crippen molar-refractivity contribution in [2.75, 3.05) is 18.6 Å². The first-order chi connectivity index (χ1) is 26.7. The van der Waals surface area contributed by atoms with Crippen LogP contribution < -0.4 is 9.64 Å². The van der Waals surface area contributed by atoms with E-state index < -0.39 is 52.8 Å². The number of thiophene rings is 1. The van der Waals surface area contributed by atoms with Crippen LogP contribution in [0.3, 0.4) is 0 Å². The number of nitrogens with zero attached hydrogens (tertiary/aromatic N) is 4. The number of likely N-dealkylation sites (tertiary alicyclic amines) is 1. The molecule has 0 radical (unpaired) electrons. The van der Waals surface area contributed by atoms with Crippen molar-refractivity contribution in [3.05, 3.63) is 67.8 Å². The van der Waals surface area contributed by atoms with Gasteiger partial charge in [0.25, 0.3) is 0 Å². The van der Waals surface area contributed by atoms with Gasteiger partial charge in [-0.3, -0.25) is 33.6 Å². The number of fused-ring (bicyclic) bond motifs is 5. The highest BCUT2D eigenvalue weighted by molar-refractivity contribution is 14.1. The monoisotopic (exact) mass is 910 g/mol. The minimum Gasteiger partial charge on any atom is -0.504 e. The van der Waals surface area contributed by atoms with Gasteiger partial charge < -0.3 is 14.9 Å². The van der Waals surface area contributed by atoms with E-state index in [4.69, 9.17) is 26.5 Å². The van der Waals surface area contributed by atoms with Crippen LogP contribution in [-0.2, 0) is 31.0 Å². The molecule has 4 aliphatic rings. The standard InChI is InChI=1S/C41H40ClIN4O8S/c1-19-24-16-21(42)9-12-30(24)56-36(19)28-18-31(45(3)44-28)47-38(52)26-17-25-22(34(41(26,2)40(47)54)20-14-27(43)35(50)29(15-20)55-4)10-11-23-33(25)39(53)46(37(23)51)13-7-5-6-8-32(48)49/h9-10,12,14-16,18,23,25-26,33-34,50H,5-8,11,13,17H2,1-4H3,(H,48,49)/t23-,25+,26-,33-,34-,41+/m0/s1. The highest BCUT2D eigenvalue weighted by Gasteiger charge is 2.68. The highest BCUT2D eigenvalue weighted by Crippen LogP contribution is 2.64. The quantitative estimate of drug-likeness (QED) is 0.0713. The second-order valence-corrected chi connectivity index (χ2v) is 18.1. The Balaban J connectivity index is 1.19. The van der Waals surface area contributed by atoms with E-state index in [2.05, 4.69) is 0 Å². The number of phenolic OH excluding ortho intramolecular Hbond substituents is 1. The van der Waals surface area contributed by atoms with Gasteiger partial charge in [-0.05, 0) is 115 Å². The number of rotatable bonds is 10. The van der Waals surface area contributed by atoms with Gasteiger partial charge in [0, 0.05) is 41.7 Å². The number of carboxylic acids is 1. The number of hydrogen-bond donors (Lipinski definition) is 2. The fraction of sp³-hybridized carbons (Fsp3) is 0.415. The lowest BCUT2D eigenvalue weighted by Crippen LogP contribution is -2.49. The molecule has 1 saturated carbocycles. The van der Waals surface area contributed by atoms with Crippen molar-refractivity contribution in [3.63, 3.8) is 0 Å². The van der Waals surface area contributed by atoms with Gasteiger partial charge in [0.05, 0.1) is 38.7 Å². The second kappa shape index (κ2) is 14.3. The number of carboxylic acid groups (broad SMARTS) is 1. The van der Waals surface area contributed by atoms with Crippen LogP contribution in [-0.4, -0.2) is 68.1 Å². The molecule has 8 rings (SSSR count). The van der Waals surface area contributed by atoms with Crippen LogP contribution in [0, 0.1) is 39.6 Å². The molecule has 4 amide bonds. The summed E-state index contributed by atoms with van der Waals surface area (Å²) in [4.78, 5) is 72.6. The minimum absolute atomic E-state index is 0.0228. The van der Waals surface area contributed by atoms with Gasteiger partial charge >= 0.3 is 5.97 Å². The molecule has 0 unspecified atom stereocenters. The van der Waals surface area contributed by atoms with Crippen LogP contribution >= 0.6 is 45.5 Å². The summed E-state index contributed by atoms with van der Waals surface area (Å²) in [5.41, 5.74) is 1.78. The predicted octanol–water partition coefficient (Wildman–Crippen LogP) is 7.46. The molecule has 292 valence electrons. The predicted molar refractivity (Wildman–Crippen MR) is 219 cm³/mol. The lowest BCUT2D eigenvalue weighted by atomic mass is 9.51. The van der Waals surface area contributed by atoms with Crippen molar-refractivity contribution in [1.29, 1.82) is 0 Å². The summed E-state index contributed by atoms with van der Waals surface area (Å²) < 4.78 is 8.66. The van der Waals surface area contributed by atoms with E-state index in [-0.39, 0.29) is 42.7 Å². The van der Waals surface area contributed by atoms with Crippen LogP contribution in [0.4, 0.5) is 5.82 Å². The average molecular weight is 911 g/mol. The minimum atomic E-state index is -1.30. The SMILES string of the molecule is COc1cc([C@H]2C3=CC[C@@H]4C(=O)N(CCCCCC(=O)O)C(=O)[C@@H]4[C@@H]3C[C@H]3C(=O)N(c4cc(-c5sc6ccc(Cl)cc6c5C)nn4C)C(=O)[C@@]23C)cc(I)c1O. The van der Waals surface area contributed by atoms with Gasteiger partial charge in [-0.15, -0.1) is 11.3 Å². The Morgan fingerprint density at radius 2 is 1.84 bits per heavy atom. The molecule has 3 fully saturated rings. The summed E-state index contributed by atoms with van der Waals surface area (Å²) in [6, 6.07) is 11.0. The van der Waals surface area contributed by atoms with Gasteiger partial charge in [-0.2, -0.15) is 5.10 Å². The van der Waals surface area contributed by atoms with E-state index in [1.165, 1.54) is 16.9 Å². The molecule has 2 N–H and O–H groups in total. The van der Waals surface area contributed by atoms with Crippen LogP contribution in [0.1, 0.15) is 62.5 Å². The summed E-state index contributed by atoms with van der Waals surface area (Å²) in [6.45, 7) is 4.02. The topological polar surface area (TPSA) is 159 Å². The number of aromatic nitrogens is 2. The van der Waals surface area contributed by atoms with Gasteiger partial charge in [-0.25, -0.2) is 4.90 Å². The summed E-state index contributed by atoms with van der Waals surface area (Å²) in [5, 5.41) is 26.3. The summed E-state index contributed by atoms with van der Waals surface area (Å²) in [5.74, 6) is -5.08. The zero-order valence-corrected chi connectivity index (χ0v) is 34.9. The number of carbonyl (C=O) groups excluding carboxylic acids is 4. The lowest BCUT2D eigenvalue weighted by molar-refractivity contribution is -0.141. The van der Waals surface area contributed by atoms with Crippen molar-refractivity contribution in [1.82, 2.24) is 14.7 Å². The molecule has 2 aliphatic carbocycles. The zero-order valence-electron chi connectivity index (χ0n) is 31.2. The number of hydrogen-bond acceptors (Lipinski definition) is 9. The van der Waals surface area contributed by atoms with E-state index >= 15 is 4.79 Å². The molecule has 0 bridgehead atoms. The summed E-state index contributed by atoms with van der Waals surface area (Å²) >= 11 is 9.89. The normalized spacial score (nSPS) is 25.8. The number of aromatic hydroxyl groups is 1. The molecule has 2 saturated heterocycles. The number of unbranched alkanes of at least 4 members (excludes halogenated alkanes) is 2. The largest absolute Gasteiger partial charge is 0.504 e. The van der Waals surface area contributed by atoms with Crippen LogP contribution in [0.2, 0.25) is 5.02 Å². The van der Waals surface area contributed by atoms with E-state index in [0.29, 0.717) is 51.4 Å². The molecule has 2 aromatic heterocycles. The number of carbonyl (C=O) groups is 5. The third-order valence-electron chi connectivity index (χ3n) is 12.5. The molecule has 4 heterocycles. The van der Waals surface area contributed by atoms with Crippen LogP contribution in [0.25, 0.3) is 20.7 Å². The number of benzene rings is 2. The molecule has 0 spiro atoms. The molecule has 56 heavy (non-hydrogen) atoms. The number of imide groups is 2. The number of methoxy groups -OCH3 is 1. The van der Waals surface area contributed by atoms with Crippen LogP contribution in [0.5, 0.6) is 11.5 Å². The number of phenols is 1. The Morgan fingerprint density at radius 1 is 1.07 bits per heavy atom. The summed E-state index contributed by atoms with van der Waals surface area (Å²) in [7, 11) is 3.16. The smallest absolute Gasteiger partial charge is 0.303 e. The molecule has 12 nitrogen and oxygen atoms in total. The third-order valence-corrected chi connectivity index (χ3v) is 14.8. The molecule has 4 aromatic rings. The van der Waals surface area contributed by atoms with E-state index in [0.717, 1.165) is 26.1 Å². The molecule has 2 aliphatic heterocycles. The highest BCUT2D eigenvalue weighted by atomic mass is 127. The zero-order chi connectivity index (χ0) is 40.0. The Labute approximate surface area is 345 Å². The van der Waals surface area contributed by atoms with Crippen molar-refractivity contribution >= 4 is 91.0 Å². The fourth-order valence-electron chi connectivity index (χ4n) is 9.75. The maximum Gasteiger partial charge on any atom is 0.303 e. The number of anilines is 1. The van der Waals surface area contributed by atoms with Crippen molar-refractivity contribution < 1.29 is 38.9 Å². The first-order valence-electron chi connectivity index (χ1n) is 18.6. The molecular formula is C41H40ClIN4O8S. The van der Waals surface area contributed by atoms with Gasteiger partial charge in [0.15, 0.2) is 11.5 Å². The molecule has 6 atom stereocenters. The van der Waals surface area contributed by atoms with Gasteiger partial charge in [-0.1, -0.05) is 29.7 Å². The molecule has 15 heteroatoms. The number of halogens is 2. The Hall–Kier alpha value is -4.28. The first kappa shape index (κ1) is 38.6. The number of aliphatic carboxylic acids is 1. The van der Waals surface area contributed by atoms with E-state index in [9.17, 15) is 24.3 Å². The fourth-order valence-corrected chi connectivity index (χ4v) is 11.7. The maximum absolute atomic E-state index is 15.2. The average Bonchev–Trinajstić information content (AvgIpc) is 3.83. The van der Waals surface area contributed by atoms with E-state index in [1.54, 1.807) is 41.3 Å². The Morgan fingerprint density at radius 3 is 2.57 bits per heavy atom. The van der Waals surface area contributed by atoms with Gasteiger partial charge in [0.2, 0.25) is 23.6 Å². The Kier molecular flexibility index (Phi) is 9.84. The number of aryl methyl sites for hydroxylation is 2. The molecular weight excluding hydrogens is 871 g/mol. The van der Waals surface area contributed by atoms with Crippen LogP contribution in [0.15, 0.2) is 48.0 Å². The van der Waals surface area contributed by atoms with E-state index in [1.807, 2.05) is 60.7 Å². The number of amides is 4. The summed E-state index contributed by atoms with van der Waals surface area (Å²) in [6.07, 6.45) is 4.02.